The number of carbonyl (C=O) groups is 1. The molecule has 2 aromatic rings. The lowest BCUT2D eigenvalue weighted by Crippen LogP contribution is -2.27. The van der Waals surface area contributed by atoms with Crippen LogP contribution in [0, 0.1) is 11.3 Å². The molecular formula is C23H27N3O3. The molecular weight excluding hydrogens is 366 g/mol. The van der Waals surface area contributed by atoms with Gasteiger partial charge in [-0.3, -0.25) is 4.79 Å². The largest absolute Gasteiger partial charge is 0.493 e. The quantitative estimate of drug-likeness (QED) is 0.803. The summed E-state index contributed by atoms with van der Waals surface area (Å²) < 4.78 is 11.4. The van der Waals surface area contributed by atoms with Crippen LogP contribution in [-0.2, 0) is 13.0 Å². The second kappa shape index (κ2) is 8.97. The topological polar surface area (TPSA) is 74.6 Å². The summed E-state index contributed by atoms with van der Waals surface area (Å²) in [5, 5.41) is 12.5. The number of carbonyl (C=O) groups excluding carboxylic acids is 1. The van der Waals surface area contributed by atoms with E-state index in [1.54, 1.807) is 12.1 Å². The zero-order valence-corrected chi connectivity index (χ0v) is 17.4. The number of hydrogen-bond acceptors (Lipinski definition) is 5. The second-order valence-electron chi connectivity index (χ2n) is 7.44. The predicted molar refractivity (Wildman–Crippen MR) is 113 cm³/mol. The van der Waals surface area contributed by atoms with E-state index in [-0.39, 0.29) is 12.0 Å². The van der Waals surface area contributed by atoms with E-state index in [9.17, 15) is 10.1 Å². The summed E-state index contributed by atoms with van der Waals surface area (Å²) in [6.07, 6.45) is 0.788. The fourth-order valence-electron chi connectivity index (χ4n) is 3.51. The minimum atomic E-state index is -0.298. The highest BCUT2D eigenvalue weighted by Gasteiger charge is 2.21. The summed E-state index contributed by atoms with van der Waals surface area (Å²) in [5.41, 5.74) is 3.83. The molecule has 6 nitrogen and oxygen atoms in total. The number of rotatable bonds is 6. The van der Waals surface area contributed by atoms with Crippen LogP contribution < -0.4 is 14.8 Å². The van der Waals surface area contributed by atoms with Gasteiger partial charge in [0.15, 0.2) is 0 Å². The summed E-state index contributed by atoms with van der Waals surface area (Å²) in [6, 6.07) is 11.3. The highest BCUT2D eigenvalue weighted by atomic mass is 16.5. The van der Waals surface area contributed by atoms with Gasteiger partial charge in [-0.1, -0.05) is 12.1 Å². The highest BCUT2D eigenvalue weighted by Crippen LogP contribution is 2.32. The molecule has 0 radical (unpaired) electrons. The van der Waals surface area contributed by atoms with E-state index in [0.717, 1.165) is 30.8 Å². The van der Waals surface area contributed by atoms with E-state index in [2.05, 4.69) is 29.4 Å². The SMILES string of the molecule is CCOc1cc(OC(C)C)c(C#N)cc1C(=O)Nc1cccc2c1CCN(C)C2. The maximum Gasteiger partial charge on any atom is 0.259 e. The van der Waals surface area contributed by atoms with E-state index >= 15 is 0 Å². The number of benzene rings is 2. The number of nitriles is 1. The Morgan fingerprint density at radius 1 is 1.31 bits per heavy atom. The zero-order chi connectivity index (χ0) is 21.0. The molecule has 0 fully saturated rings. The molecule has 1 aliphatic heterocycles. The Morgan fingerprint density at radius 3 is 2.79 bits per heavy atom. The van der Waals surface area contributed by atoms with Gasteiger partial charge in [-0.25, -0.2) is 0 Å². The molecule has 0 saturated carbocycles. The van der Waals surface area contributed by atoms with Gasteiger partial charge in [0.25, 0.3) is 5.91 Å². The standard InChI is InChI=1S/C23H27N3O3/c1-5-28-22-12-21(29-15(2)3)17(13-24)11-19(22)23(27)25-20-8-6-7-16-14-26(4)10-9-18(16)20/h6-8,11-12,15H,5,9-10,14H2,1-4H3,(H,25,27). The van der Waals surface area contributed by atoms with Crippen LogP contribution >= 0.6 is 0 Å². The summed E-state index contributed by atoms with van der Waals surface area (Å²) in [5.74, 6) is 0.528. The highest BCUT2D eigenvalue weighted by molar-refractivity contribution is 6.07. The van der Waals surface area contributed by atoms with Gasteiger partial charge in [0.2, 0.25) is 0 Å². The molecule has 0 spiro atoms. The fraction of sp³-hybridized carbons (Fsp3) is 0.391. The van der Waals surface area contributed by atoms with Crippen molar-refractivity contribution in [1.82, 2.24) is 4.90 Å². The van der Waals surface area contributed by atoms with E-state index < -0.39 is 0 Å². The van der Waals surface area contributed by atoms with Crippen molar-refractivity contribution in [2.45, 2.75) is 39.8 Å². The molecule has 2 aromatic carbocycles. The Hall–Kier alpha value is -3.04. The van der Waals surface area contributed by atoms with Crippen LogP contribution in [0.15, 0.2) is 30.3 Å². The van der Waals surface area contributed by atoms with Gasteiger partial charge in [0.05, 0.1) is 23.8 Å². The van der Waals surface area contributed by atoms with Crippen LogP contribution in [0.4, 0.5) is 5.69 Å². The molecule has 0 atom stereocenters. The molecule has 152 valence electrons. The molecule has 0 aromatic heterocycles. The van der Waals surface area contributed by atoms with E-state index in [1.807, 2.05) is 32.9 Å². The maximum atomic E-state index is 13.1. The smallest absolute Gasteiger partial charge is 0.259 e. The van der Waals surface area contributed by atoms with Crippen LogP contribution in [0.5, 0.6) is 11.5 Å². The zero-order valence-electron chi connectivity index (χ0n) is 17.4. The summed E-state index contributed by atoms with van der Waals surface area (Å²) >= 11 is 0. The van der Waals surface area contributed by atoms with E-state index in [0.29, 0.717) is 29.2 Å². The predicted octanol–water partition coefficient (Wildman–Crippen LogP) is 3.98. The third-order valence-electron chi connectivity index (χ3n) is 4.81. The first-order valence-corrected chi connectivity index (χ1v) is 9.91. The molecule has 0 saturated heterocycles. The first kappa shape index (κ1) is 20.7. The Bertz CT molecular complexity index is 947. The number of nitrogens with zero attached hydrogens (tertiary/aromatic N) is 2. The number of hydrogen-bond donors (Lipinski definition) is 1. The molecule has 6 heteroatoms. The van der Waals surface area contributed by atoms with Crippen molar-refractivity contribution in [2.24, 2.45) is 0 Å². The van der Waals surface area contributed by atoms with Crippen molar-refractivity contribution in [1.29, 1.82) is 5.26 Å². The minimum absolute atomic E-state index is 0.0924. The molecule has 1 aliphatic rings. The third kappa shape index (κ3) is 4.69. The Morgan fingerprint density at radius 2 is 2.10 bits per heavy atom. The summed E-state index contributed by atoms with van der Waals surface area (Å²) in [7, 11) is 2.09. The van der Waals surface area contributed by atoms with Crippen molar-refractivity contribution < 1.29 is 14.3 Å². The average Bonchev–Trinajstić information content (AvgIpc) is 2.68. The van der Waals surface area contributed by atoms with Gasteiger partial charge in [-0.05, 0) is 57.5 Å². The van der Waals surface area contributed by atoms with Gasteiger partial charge < -0.3 is 19.7 Å². The van der Waals surface area contributed by atoms with Crippen molar-refractivity contribution in [2.75, 3.05) is 25.5 Å². The second-order valence-corrected chi connectivity index (χ2v) is 7.44. The third-order valence-corrected chi connectivity index (χ3v) is 4.81. The summed E-state index contributed by atoms with van der Waals surface area (Å²) in [4.78, 5) is 15.4. The van der Waals surface area contributed by atoms with Crippen LogP contribution in [0.25, 0.3) is 0 Å². The maximum absolute atomic E-state index is 13.1. The Balaban J connectivity index is 1.95. The van der Waals surface area contributed by atoms with Gasteiger partial charge in [0.1, 0.15) is 17.6 Å². The van der Waals surface area contributed by atoms with Crippen LogP contribution in [0.3, 0.4) is 0 Å². The number of ether oxygens (including phenoxy) is 2. The number of fused-ring (bicyclic) bond motifs is 1. The lowest BCUT2D eigenvalue weighted by molar-refractivity contribution is 0.102. The molecule has 1 amide bonds. The number of amides is 1. The molecule has 0 unspecified atom stereocenters. The first-order chi connectivity index (χ1) is 13.9. The normalized spacial score (nSPS) is 13.5. The average molecular weight is 393 g/mol. The minimum Gasteiger partial charge on any atom is -0.493 e. The first-order valence-electron chi connectivity index (χ1n) is 9.91. The monoisotopic (exact) mass is 393 g/mol. The van der Waals surface area contributed by atoms with E-state index in [4.69, 9.17) is 9.47 Å². The summed E-state index contributed by atoms with van der Waals surface area (Å²) in [6.45, 7) is 7.84. The molecule has 3 rings (SSSR count). The fourth-order valence-corrected chi connectivity index (χ4v) is 3.51. The molecule has 0 aliphatic carbocycles. The lowest BCUT2D eigenvalue weighted by Gasteiger charge is -2.27. The number of nitrogens with one attached hydrogen (secondary N) is 1. The molecule has 0 bridgehead atoms. The number of anilines is 1. The Kier molecular flexibility index (Phi) is 6.40. The van der Waals surface area contributed by atoms with Gasteiger partial charge in [-0.2, -0.15) is 5.26 Å². The van der Waals surface area contributed by atoms with Crippen molar-refractivity contribution in [3.63, 3.8) is 0 Å². The van der Waals surface area contributed by atoms with Gasteiger partial charge in [0, 0.05) is 24.8 Å². The van der Waals surface area contributed by atoms with Crippen LogP contribution in [0.1, 0.15) is 47.8 Å². The van der Waals surface area contributed by atoms with Gasteiger partial charge >= 0.3 is 0 Å². The molecule has 29 heavy (non-hydrogen) atoms. The number of likely N-dealkylation sites (N-methyl/N-ethyl adjacent to an activating group) is 1. The van der Waals surface area contributed by atoms with E-state index in [1.165, 1.54) is 5.56 Å². The van der Waals surface area contributed by atoms with Crippen molar-refractivity contribution >= 4 is 11.6 Å². The van der Waals surface area contributed by atoms with Crippen LogP contribution in [0.2, 0.25) is 0 Å². The molecule has 1 N–H and O–H groups in total. The van der Waals surface area contributed by atoms with Crippen molar-refractivity contribution in [3.05, 3.63) is 52.6 Å². The van der Waals surface area contributed by atoms with Gasteiger partial charge in [-0.15, -0.1) is 0 Å². The molecule has 1 heterocycles. The van der Waals surface area contributed by atoms with Crippen molar-refractivity contribution in [3.8, 4) is 17.6 Å². The Labute approximate surface area is 172 Å². The van der Waals surface area contributed by atoms with Crippen LogP contribution in [-0.4, -0.2) is 37.1 Å². The lowest BCUT2D eigenvalue weighted by atomic mass is 9.98.